The van der Waals surface area contributed by atoms with Crippen LogP contribution < -0.4 is 10.5 Å². The van der Waals surface area contributed by atoms with Crippen molar-refractivity contribution < 1.29 is 14.3 Å². The summed E-state index contributed by atoms with van der Waals surface area (Å²) in [5.41, 5.74) is 7.97. The number of nitrogen functional groups attached to an aromatic ring is 1. The molecule has 0 amide bonds. The molecule has 1 heterocycles. The van der Waals surface area contributed by atoms with Crippen LogP contribution in [0.15, 0.2) is 54.6 Å². The van der Waals surface area contributed by atoms with Crippen LogP contribution in [0.2, 0.25) is 5.02 Å². The fourth-order valence-corrected chi connectivity index (χ4v) is 2.80. The van der Waals surface area contributed by atoms with Gasteiger partial charge in [0.15, 0.2) is 0 Å². The normalized spacial score (nSPS) is 10.3. The van der Waals surface area contributed by atoms with E-state index in [2.05, 4.69) is 10.8 Å². The van der Waals surface area contributed by atoms with Crippen molar-refractivity contribution >= 4 is 23.3 Å². The van der Waals surface area contributed by atoms with Crippen LogP contribution in [0.3, 0.4) is 0 Å². The number of methoxy groups -OCH3 is 1. The maximum absolute atomic E-state index is 11.5. The van der Waals surface area contributed by atoms with Crippen LogP contribution >= 0.6 is 11.6 Å². The van der Waals surface area contributed by atoms with Crippen LogP contribution in [-0.4, -0.2) is 17.6 Å². The SMILES string of the molecule is COC(=O)c1ccc(Oc2c(N)cc(C#N)n2Cc2ccccc2Cl)cc1. The molecule has 0 fully saturated rings. The molecular weight excluding hydrogens is 366 g/mol. The minimum absolute atomic E-state index is 0.329. The number of halogens is 1. The van der Waals surface area contributed by atoms with Gasteiger partial charge in [0.2, 0.25) is 5.88 Å². The van der Waals surface area contributed by atoms with E-state index in [4.69, 9.17) is 22.1 Å². The summed E-state index contributed by atoms with van der Waals surface area (Å²) >= 11 is 6.24. The van der Waals surface area contributed by atoms with Crippen molar-refractivity contribution in [2.75, 3.05) is 12.8 Å². The molecule has 0 spiro atoms. The Morgan fingerprint density at radius 3 is 2.56 bits per heavy atom. The van der Waals surface area contributed by atoms with Crippen molar-refractivity contribution in [2.24, 2.45) is 0 Å². The Bertz CT molecular complexity index is 1020. The zero-order valence-corrected chi connectivity index (χ0v) is 15.2. The van der Waals surface area contributed by atoms with Crippen molar-refractivity contribution in [3.05, 3.63) is 76.4 Å². The number of carbonyl (C=O) groups is 1. The molecule has 0 unspecified atom stereocenters. The Morgan fingerprint density at radius 2 is 1.93 bits per heavy atom. The largest absolute Gasteiger partial charge is 0.465 e. The summed E-state index contributed by atoms with van der Waals surface area (Å²) in [5, 5.41) is 10.0. The third-order valence-electron chi connectivity index (χ3n) is 3.97. The molecule has 1 aromatic heterocycles. The average molecular weight is 382 g/mol. The first-order valence-electron chi connectivity index (χ1n) is 8.02. The molecule has 0 saturated heterocycles. The van der Waals surface area contributed by atoms with E-state index in [1.54, 1.807) is 41.0 Å². The summed E-state index contributed by atoms with van der Waals surface area (Å²) in [6.45, 7) is 0.329. The first-order chi connectivity index (χ1) is 13.0. The third kappa shape index (κ3) is 3.89. The van der Waals surface area contributed by atoms with Crippen LogP contribution in [0.25, 0.3) is 0 Å². The molecule has 136 valence electrons. The van der Waals surface area contributed by atoms with E-state index in [9.17, 15) is 10.1 Å². The van der Waals surface area contributed by atoms with Crippen LogP contribution in [0, 0.1) is 11.3 Å². The van der Waals surface area contributed by atoms with Gasteiger partial charge in [0.05, 0.1) is 24.9 Å². The van der Waals surface area contributed by atoms with Gasteiger partial charge >= 0.3 is 5.97 Å². The van der Waals surface area contributed by atoms with Gasteiger partial charge in [-0.2, -0.15) is 5.26 Å². The molecule has 2 N–H and O–H groups in total. The van der Waals surface area contributed by atoms with E-state index in [0.717, 1.165) is 5.56 Å². The highest BCUT2D eigenvalue weighted by atomic mass is 35.5. The molecule has 27 heavy (non-hydrogen) atoms. The molecule has 0 bridgehead atoms. The number of esters is 1. The summed E-state index contributed by atoms with van der Waals surface area (Å²) in [6, 6.07) is 17.4. The highest BCUT2D eigenvalue weighted by Gasteiger charge is 2.17. The number of rotatable bonds is 5. The molecule has 0 saturated carbocycles. The third-order valence-corrected chi connectivity index (χ3v) is 4.33. The molecule has 3 aromatic rings. The zero-order chi connectivity index (χ0) is 19.4. The lowest BCUT2D eigenvalue weighted by Crippen LogP contribution is -2.06. The molecule has 0 atom stereocenters. The first-order valence-corrected chi connectivity index (χ1v) is 8.40. The fourth-order valence-electron chi connectivity index (χ4n) is 2.60. The number of nitrogens with two attached hydrogens (primary N) is 1. The Balaban J connectivity index is 1.94. The minimum atomic E-state index is -0.435. The summed E-state index contributed by atoms with van der Waals surface area (Å²) in [5.74, 6) is 0.365. The number of anilines is 1. The predicted octanol–water partition coefficient (Wildman–Crippen LogP) is 4.22. The number of carbonyl (C=O) groups excluding carboxylic acids is 1. The van der Waals surface area contributed by atoms with Gasteiger partial charge in [-0.25, -0.2) is 4.79 Å². The number of nitriles is 1. The summed E-state index contributed by atoms with van der Waals surface area (Å²) in [4.78, 5) is 11.5. The lowest BCUT2D eigenvalue weighted by atomic mass is 10.2. The topological polar surface area (TPSA) is 90.3 Å². The highest BCUT2D eigenvalue weighted by Crippen LogP contribution is 2.33. The summed E-state index contributed by atoms with van der Waals surface area (Å²) in [6.07, 6.45) is 0. The molecule has 7 heteroatoms. The van der Waals surface area contributed by atoms with Gasteiger partial charge in [0.1, 0.15) is 17.5 Å². The lowest BCUT2D eigenvalue weighted by Gasteiger charge is -2.13. The van der Waals surface area contributed by atoms with E-state index in [1.807, 2.05) is 18.2 Å². The quantitative estimate of drug-likeness (QED) is 0.668. The van der Waals surface area contributed by atoms with Crippen molar-refractivity contribution in [1.29, 1.82) is 5.26 Å². The van der Waals surface area contributed by atoms with Crippen LogP contribution in [-0.2, 0) is 11.3 Å². The average Bonchev–Trinajstić information content (AvgIpc) is 2.98. The maximum atomic E-state index is 11.5. The second-order valence-corrected chi connectivity index (χ2v) is 6.10. The van der Waals surface area contributed by atoms with Gasteiger partial charge in [-0.05, 0) is 35.9 Å². The fraction of sp³-hybridized carbons (Fsp3) is 0.100. The maximum Gasteiger partial charge on any atom is 0.337 e. The Morgan fingerprint density at radius 1 is 1.22 bits per heavy atom. The molecule has 0 aliphatic heterocycles. The van der Waals surface area contributed by atoms with Gasteiger partial charge in [0, 0.05) is 11.1 Å². The number of benzene rings is 2. The second kappa shape index (κ2) is 7.85. The van der Waals surface area contributed by atoms with E-state index >= 15 is 0 Å². The predicted molar refractivity (Wildman–Crippen MR) is 102 cm³/mol. The number of hydrogen-bond donors (Lipinski definition) is 1. The molecule has 3 rings (SSSR count). The zero-order valence-electron chi connectivity index (χ0n) is 14.5. The van der Waals surface area contributed by atoms with Gasteiger partial charge in [-0.15, -0.1) is 0 Å². The van der Waals surface area contributed by atoms with Crippen LogP contribution in [0.4, 0.5) is 5.69 Å². The number of aromatic nitrogens is 1. The monoisotopic (exact) mass is 381 g/mol. The van der Waals surface area contributed by atoms with Crippen LogP contribution in [0.1, 0.15) is 21.6 Å². The summed E-state index contributed by atoms with van der Waals surface area (Å²) < 4.78 is 12.2. The molecule has 6 nitrogen and oxygen atoms in total. The van der Waals surface area contributed by atoms with Crippen molar-refractivity contribution in [1.82, 2.24) is 4.57 Å². The first kappa shape index (κ1) is 18.4. The van der Waals surface area contributed by atoms with E-state index in [0.29, 0.717) is 40.1 Å². The lowest BCUT2D eigenvalue weighted by molar-refractivity contribution is 0.0600. The van der Waals surface area contributed by atoms with Gasteiger partial charge in [-0.3, -0.25) is 4.57 Å². The van der Waals surface area contributed by atoms with Gasteiger partial charge < -0.3 is 15.2 Å². The van der Waals surface area contributed by atoms with Gasteiger partial charge in [0.25, 0.3) is 0 Å². The number of nitrogens with zero attached hydrogens (tertiary/aromatic N) is 2. The van der Waals surface area contributed by atoms with Gasteiger partial charge in [-0.1, -0.05) is 29.8 Å². The molecule has 0 aliphatic carbocycles. The van der Waals surface area contributed by atoms with E-state index in [-0.39, 0.29) is 0 Å². The molecular formula is C20H16ClN3O3. The minimum Gasteiger partial charge on any atom is -0.465 e. The van der Waals surface area contributed by atoms with Crippen molar-refractivity contribution in [3.8, 4) is 17.7 Å². The Hall–Kier alpha value is -3.43. The highest BCUT2D eigenvalue weighted by molar-refractivity contribution is 6.31. The number of hydrogen-bond acceptors (Lipinski definition) is 5. The van der Waals surface area contributed by atoms with E-state index < -0.39 is 5.97 Å². The molecule has 2 aromatic carbocycles. The second-order valence-electron chi connectivity index (χ2n) is 5.70. The van der Waals surface area contributed by atoms with E-state index in [1.165, 1.54) is 7.11 Å². The van der Waals surface area contributed by atoms with Crippen molar-refractivity contribution in [2.45, 2.75) is 6.54 Å². The van der Waals surface area contributed by atoms with Crippen molar-refractivity contribution in [3.63, 3.8) is 0 Å². The number of ether oxygens (including phenoxy) is 2. The van der Waals surface area contributed by atoms with Crippen LogP contribution in [0.5, 0.6) is 11.6 Å². The summed E-state index contributed by atoms with van der Waals surface area (Å²) in [7, 11) is 1.32. The smallest absolute Gasteiger partial charge is 0.337 e. The Labute approximate surface area is 161 Å². The Kier molecular flexibility index (Phi) is 5.34. The molecule has 0 aliphatic rings. The standard InChI is InChI=1S/C20H16ClN3O3/c1-26-20(25)13-6-8-16(9-7-13)27-19-18(23)10-15(11-22)24(19)12-14-4-2-3-5-17(14)21/h2-10H,12,23H2,1H3. The molecule has 0 radical (unpaired) electrons.